The van der Waals surface area contributed by atoms with Crippen LogP contribution in [0.5, 0.6) is 0 Å². The molecule has 0 saturated heterocycles. The Labute approximate surface area is 301 Å². The molecule has 0 spiro atoms. The lowest BCUT2D eigenvalue weighted by Crippen LogP contribution is -1.91. The predicted molar refractivity (Wildman–Crippen MR) is 190 cm³/mol. The summed E-state index contributed by atoms with van der Waals surface area (Å²) < 4.78 is 256. The zero-order valence-corrected chi connectivity index (χ0v) is 22.4. The van der Waals surface area contributed by atoms with E-state index in [0.29, 0.717) is 0 Å². The van der Waals surface area contributed by atoms with Gasteiger partial charge in [0, 0.05) is 10.8 Å². The Hall–Kier alpha value is -5.92. The van der Waals surface area contributed by atoms with E-state index in [4.69, 9.17) is 30.5 Å². The summed E-state index contributed by atoms with van der Waals surface area (Å²) in [6.45, 7) is 0. The van der Waals surface area contributed by atoms with E-state index in [9.17, 15) is 12.3 Å². The molecule has 9 rings (SSSR count). The molecule has 8 aromatic carbocycles. The van der Waals surface area contributed by atoms with Gasteiger partial charge in [-0.1, -0.05) is 139 Å². The third kappa shape index (κ3) is 4.24. The van der Waals surface area contributed by atoms with Gasteiger partial charge in [-0.05, 0) is 96.3 Å². The van der Waals surface area contributed by atoms with Gasteiger partial charge in [-0.15, -0.1) is 0 Å². The first-order chi connectivity index (χ1) is 34.0. The molecule has 1 nitrogen and oxygen atoms in total. The van der Waals surface area contributed by atoms with Gasteiger partial charge in [0.05, 0.1) is 38.4 Å². The number of rotatable bonds is 4. The molecule has 1 heteroatoms. The van der Waals surface area contributed by atoms with Crippen molar-refractivity contribution < 1.29 is 42.8 Å². The fraction of sp³-hybridized carbons (Fsp3) is 0. The summed E-state index contributed by atoms with van der Waals surface area (Å²) in [5, 5.41) is -4.12. The molecule has 0 fully saturated rings. The summed E-state index contributed by atoms with van der Waals surface area (Å²) in [6, 6.07) is -27.1. The third-order valence-electron chi connectivity index (χ3n) is 7.01. The topological polar surface area (TPSA) is 13.1 Å². The Kier molecular flexibility index (Phi) is 2.32. The van der Waals surface area contributed by atoms with E-state index in [-0.39, 0.29) is 0 Å². The third-order valence-corrected chi connectivity index (χ3v) is 7.01. The molecule has 9 aromatic rings. The van der Waals surface area contributed by atoms with Gasteiger partial charge >= 0.3 is 0 Å². The molecular formula is C44H28O. The molecule has 0 unspecified atom stereocenters. The summed E-state index contributed by atoms with van der Waals surface area (Å²) in [5.74, 6) is 0. The van der Waals surface area contributed by atoms with Crippen LogP contribution in [-0.2, 0) is 0 Å². The van der Waals surface area contributed by atoms with Crippen LogP contribution in [0, 0.1) is 0 Å². The van der Waals surface area contributed by atoms with Crippen LogP contribution < -0.4 is 0 Å². The van der Waals surface area contributed by atoms with E-state index >= 15 is 0 Å². The summed E-state index contributed by atoms with van der Waals surface area (Å²) >= 11 is 0. The van der Waals surface area contributed by atoms with Gasteiger partial charge in [-0.2, -0.15) is 0 Å². The molecule has 0 aliphatic carbocycles. The van der Waals surface area contributed by atoms with Crippen molar-refractivity contribution in [3.05, 3.63) is 169 Å². The molecule has 0 bridgehead atoms. The van der Waals surface area contributed by atoms with Gasteiger partial charge < -0.3 is 4.42 Å². The second-order valence-electron chi connectivity index (χ2n) is 9.51. The molecular weight excluding hydrogens is 544 g/mol. The molecule has 0 saturated carbocycles. The first-order valence-corrected chi connectivity index (χ1v) is 13.2. The highest BCUT2D eigenvalue weighted by molar-refractivity contribution is 6.21. The van der Waals surface area contributed by atoms with Crippen LogP contribution in [0.25, 0.3) is 88.0 Å². The Bertz CT molecular complexity index is 4010. The zero-order valence-electron chi connectivity index (χ0n) is 50.4. The maximum Gasteiger partial charge on any atom is 0.135 e. The number of furan rings is 1. The maximum absolute atomic E-state index is 9.81. The Morgan fingerprint density at radius 2 is 0.711 bits per heavy atom. The molecule has 0 aliphatic rings. The van der Waals surface area contributed by atoms with Crippen LogP contribution in [0.15, 0.2) is 174 Å². The summed E-state index contributed by atoms with van der Waals surface area (Å²) in [7, 11) is 0. The average molecular weight is 601 g/mol. The van der Waals surface area contributed by atoms with Crippen molar-refractivity contribution in [3.63, 3.8) is 0 Å². The first kappa shape index (κ1) is 10.1. The fourth-order valence-corrected chi connectivity index (χ4v) is 5.12. The van der Waals surface area contributed by atoms with E-state index in [1.165, 1.54) is 0 Å². The summed E-state index contributed by atoms with van der Waals surface area (Å²) in [4.78, 5) is 0. The van der Waals surface area contributed by atoms with Gasteiger partial charge in [0.2, 0.25) is 0 Å². The van der Waals surface area contributed by atoms with Crippen LogP contribution in [-0.4, -0.2) is 0 Å². The monoisotopic (exact) mass is 600 g/mol. The van der Waals surface area contributed by atoms with Gasteiger partial charge in [-0.3, -0.25) is 0 Å². The van der Waals surface area contributed by atoms with Crippen molar-refractivity contribution in [2.45, 2.75) is 0 Å². The van der Waals surface area contributed by atoms with Crippen molar-refractivity contribution >= 4 is 43.5 Å². The van der Waals surface area contributed by atoms with Gasteiger partial charge in [0.25, 0.3) is 0 Å². The second-order valence-corrected chi connectivity index (χ2v) is 9.51. The lowest BCUT2D eigenvalue weighted by molar-refractivity contribution is 0.669. The van der Waals surface area contributed by atoms with Crippen molar-refractivity contribution in [3.8, 4) is 44.5 Å². The highest BCUT2D eigenvalue weighted by atomic mass is 16.3. The molecule has 0 amide bonds. The molecule has 0 aliphatic heterocycles. The van der Waals surface area contributed by atoms with Crippen molar-refractivity contribution in [2.75, 3.05) is 0 Å². The lowest BCUT2D eigenvalue weighted by atomic mass is 9.85. The molecule has 0 N–H and O–H groups in total. The number of fused-ring (bicyclic) bond motifs is 5. The van der Waals surface area contributed by atoms with E-state index in [0.717, 1.165) is 0 Å². The summed E-state index contributed by atoms with van der Waals surface area (Å²) in [6.07, 6.45) is 0. The van der Waals surface area contributed by atoms with Crippen LogP contribution in [0.4, 0.5) is 0 Å². The van der Waals surface area contributed by atoms with Gasteiger partial charge in [0.1, 0.15) is 11.2 Å². The van der Waals surface area contributed by atoms with E-state index in [1.54, 1.807) is 0 Å². The molecule has 1 aromatic heterocycles. The Morgan fingerprint density at radius 1 is 0.289 bits per heavy atom. The first-order valence-electron chi connectivity index (χ1n) is 27.2. The summed E-state index contributed by atoms with van der Waals surface area (Å²) in [5.41, 5.74) is -7.77. The molecule has 210 valence electrons. The predicted octanol–water partition coefficient (Wildman–Crippen LogP) is 12.6. The highest BCUT2D eigenvalue weighted by Gasteiger charge is 2.17. The number of para-hydroxylation sites is 1. The highest BCUT2D eigenvalue weighted by Crippen LogP contribution is 2.45. The lowest BCUT2D eigenvalue weighted by Gasteiger charge is -2.18. The standard InChI is InChI=1S/C44H28O/c1-2-12-29(13-3-1)30-14-10-16-33(26-30)43-36-19-4-6-21-38(36)44(39-22-7-5-20-37(39)43)34-17-11-15-31(27-34)32-24-25-42-40(28-32)35-18-8-9-23-41(35)45-42/h1-28H/i1D,2D,3D,4D,5D,6D,7D,8D,9D,10D,11D,12D,13D,14D,15D,16D,17D,18D,19D,20D,21D,22D,23D,24D,25D,26D,27D,28D. The minimum absolute atomic E-state index is 0.423. The quantitative estimate of drug-likeness (QED) is 0.183. The minimum atomic E-state index is -1.09. The number of benzene rings is 8. The largest absolute Gasteiger partial charge is 0.456 e. The van der Waals surface area contributed by atoms with Crippen molar-refractivity contribution in [2.24, 2.45) is 0 Å². The van der Waals surface area contributed by atoms with E-state index in [2.05, 4.69) is 0 Å². The average Bonchev–Trinajstić information content (AvgIpc) is 3.77. The smallest absolute Gasteiger partial charge is 0.135 e. The van der Waals surface area contributed by atoms with Crippen LogP contribution in [0.1, 0.15) is 38.4 Å². The fourth-order valence-electron chi connectivity index (χ4n) is 5.12. The SMILES string of the molecule is [2H]c1c([2H])c([2H])c(-c2c([2H])c([2H])c([2H])c(-c3c4c([2H])c([2H])c([2H])c([2H])c4c(-c4c([2H])c([2H])c([2H])c(-c5c([2H])c([2H])c6oc7c([2H])c([2H])c([2H])c([2H])c7c6c5[2H])c4[2H])c4c([2H])c([2H])c([2H])c([2H])c34)c2[2H])c([2H])c1[2H]. The molecule has 1 heterocycles. The molecule has 0 atom stereocenters. The molecule has 0 radical (unpaired) electrons. The van der Waals surface area contributed by atoms with Gasteiger partial charge in [-0.25, -0.2) is 0 Å². The second kappa shape index (κ2) is 10.4. The maximum atomic E-state index is 9.81. The van der Waals surface area contributed by atoms with E-state index in [1.807, 2.05) is 0 Å². The number of hydrogen-bond donors (Lipinski definition) is 0. The van der Waals surface area contributed by atoms with Crippen LogP contribution >= 0.6 is 0 Å². The molecule has 45 heavy (non-hydrogen) atoms. The minimum Gasteiger partial charge on any atom is -0.456 e. The zero-order chi connectivity index (χ0) is 54.1. The van der Waals surface area contributed by atoms with E-state index < -0.39 is 257 Å². The normalized spacial score (nSPS) is 20.3. The van der Waals surface area contributed by atoms with Crippen LogP contribution in [0.3, 0.4) is 0 Å². The van der Waals surface area contributed by atoms with Crippen LogP contribution in [0.2, 0.25) is 0 Å². The van der Waals surface area contributed by atoms with Crippen molar-refractivity contribution in [1.82, 2.24) is 0 Å². The number of hydrogen-bond acceptors (Lipinski definition) is 1. The van der Waals surface area contributed by atoms with Crippen molar-refractivity contribution in [1.29, 1.82) is 0 Å². The Balaban J connectivity index is 1.56. The Morgan fingerprint density at radius 3 is 1.31 bits per heavy atom. The van der Waals surface area contributed by atoms with Gasteiger partial charge in [0.15, 0.2) is 0 Å².